The number of nitrogens with zero attached hydrogens (tertiary/aromatic N) is 1. The molecule has 1 aromatic heterocycles. The molecule has 2 N–H and O–H groups in total. The van der Waals surface area contributed by atoms with Gasteiger partial charge in [-0.1, -0.05) is 0 Å². The van der Waals surface area contributed by atoms with Crippen molar-refractivity contribution in [3.8, 4) is 5.75 Å². The number of fused-ring (bicyclic) bond motifs is 2. The van der Waals surface area contributed by atoms with Gasteiger partial charge in [-0.25, -0.2) is 4.98 Å². The molecule has 21 heavy (non-hydrogen) atoms. The molecule has 0 radical (unpaired) electrons. The van der Waals surface area contributed by atoms with Crippen molar-refractivity contribution in [2.45, 2.75) is 12.3 Å². The van der Waals surface area contributed by atoms with Crippen molar-refractivity contribution in [3.63, 3.8) is 0 Å². The summed E-state index contributed by atoms with van der Waals surface area (Å²) in [6.07, 6.45) is 2.10. The first kappa shape index (κ1) is 12.3. The first-order valence-electron chi connectivity index (χ1n) is 6.50. The predicted molar refractivity (Wildman–Crippen MR) is 77.8 cm³/mol. The van der Waals surface area contributed by atoms with Crippen molar-refractivity contribution in [2.24, 2.45) is 0 Å². The number of nitrogens with one attached hydrogen (secondary N) is 2. The van der Waals surface area contributed by atoms with Gasteiger partial charge in [0.05, 0.1) is 5.69 Å². The monoisotopic (exact) mass is 301 g/mol. The number of amides is 2. The lowest BCUT2D eigenvalue weighted by Gasteiger charge is -2.27. The summed E-state index contributed by atoms with van der Waals surface area (Å²) >= 11 is 1.53. The van der Waals surface area contributed by atoms with Crippen molar-refractivity contribution in [1.82, 2.24) is 4.98 Å². The molecule has 0 bridgehead atoms. The molecule has 0 fully saturated rings. The smallest absolute Gasteiger partial charge is 0.262 e. The summed E-state index contributed by atoms with van der Waals surface area (Å²) < 4.78 is 5.45. The van der Waals surface area contributed by atoms with Crippen LogP contribution in [0.4, 0.5) is 11.4 Å². The summed E-state index contributed by atoms with van der Waals surface area (Å²) in [5.74, 6) is 0.318. The van der Waals surface area contributed by atoms with E-state index in [1.807, 2.05) is 11.4 Å². The van der Waals surface area contributed by atoms with Crippen LogP contribution in [0.5, 0.6) is 5.75 Å². The maximum Gasteiger partial charge on any atom is 0.262 e. The van der Waals surface area contributed by atoms with Crippen LogP contribution in [0.1, 0.15) is 22.9 Å². The largest absolute Gasteiger partial charge is 0.482 e. The SMILES string of the molecule is O=C1COc2cc3c(cc2N1)NC(=O)CC3c1nccs1. The second-order valence-electron chi connectivity index (χ2n) is 4.95. The van der Waals surface area contributed by atoms with Crippen LogP contribution in [0.25, 0.3) is 0 Å². The summed E-state index contributed by atoms with van der Waals surface area (Å²) in [6, 6.07) is 3.63. The van der Waals surface area contributed by atoms with E-state index in [0.29, 0.717) is 23.5 Å². The number of rotatable bonds is 1. The third-order valence-electron chi connectivity index (χ3n) is 3.57. The summed E-state index contributed by atoms with van der Waals surface area (Å²) in [6.45, 7) is 0.0140. The number of ether oxygens (including phenoxy) is 1. The van der Waals surface area contributed by atoms with Gasteiger partial charge in [0.2, 0.25) is 5.91 Å². The number of aromatic nitrogens is 1. The highest BCUT2D eigenvalue weighted by molar-refractivity contribution is 7.09. The zero-order chi connectivity index (χ0) is 14.4. The van der Waals surface area contributed by atoms with Crippen LogP contribution in [0.3, 0.4) is 0 Å². The van der Waals surface area contributed by atoms with E-state index >= 15 is 0 Å². The second kappa shape index (κ2) is 4.56. The third kappa shape index (κ3) is 2.06. The molecule has 1 unspecified atom stereocenters. The molecule has 7 heteroatoms. The molecule has 3 heterocycles. The van der Waals surface area contributed by atoms with Crippen molar-refractivity contribution >= 4 is 34.5 Å². The molecule has 2 amide bonds. The summed E-state index contributed by atoms with van der Waals surface area (Å²) in [4.78, 5) is 27.6. The minimum Gasteiger partial charge on any atom is -0.482 e. The Balaban J connectivity index is 1.84. The molecular formula is C14H11N3O3S. The number of carbonyl (C=O) groups is 2. The average molecular weight is 301 g/mol. The molecule has 106 valence electrons. The van der Waals surface area contributed by atoms with E-state index < -0.39 is 0 Å². The molecule has 1 atom stereocenters. The van der Waals surface area contributed by atoms with Gasteiger partial charge in [0.15, 0.2) is 6.61 Å². The standard InChI is InChI=1S/C14H11N3O3S/c18-12-4-8(14-15-1-2-21-14)7-3-11-10(5-9(7)16-12)17-13(19)6-20-11/h1-3,5,8H,4,6H2,(H,16,18)(H,17,19). The fraction of sp³-hybridized carbons (Fsp3) is 0.214. The minimum absolute atomic E-state index is 0.0140. The zero-order valence-electron chi connectivity index (χ0n) is 10.9. The molecule has 0 saturated heterocycles. The third-order valence-corrected chi connectivity index (χ3v) is 4.46. The van der Waals surface area contributed by atoms with Gasteiger partial charge in [-0.2, -0.15) is 0 Å². The van der Waals surface area contributed by atoms with Gasteiger partial charge in [-0.3, -0.25) is 9.59 Å². The fourth-order valence-electron chi connectivity index (χ4n) is 2.66. The normalized spacial score (nSPS) is 19.9. The van der Waals surface area contributed by atoms with Crippen LogP contribution >= 0.6 is 11.3 Å². The highest BCUT2D eigenvalue weighted by Gasteiger charge is 2.30. The average Bonchev–Trinajstić information content (AvgIpc) is 2.98. The number of carbonyl (C=O) groups excluding carboxylic acids is 2. The molecule has 1 aromatic carbocycles. The molecule has 0 spiro atoms. The van der Waals surface area contributed by atoms with Crippen molar-refractivity contribution in [1.29, 1.82) is 0 Å². The van der Waals surface area contributed by atoms with Gasteiger partial charge in [0.25, 0.3) is 5.91 Å². The van der Waals surface area contributed by atoms with Crippen LogP contribution in [-0.4, -0.2) is 23.4 Å². The van der Waals surface area contributed by atoms with Crippen LogP contribution in [-0.2, 0) is 9.59 Å². The van der Waals surface area contributed by atoms with E-state index in [9.17, 15) is 9.59 Å². The number of hydrogen-bond donors (Lipinski definition) is 2. The Kier molecular flexibility index (Phi) is 2.68. The number of benzene rings is 1. The maximum absolute atomic E-state index is 11.9. The van der Waals surface area contributed by atoms with Crippen LogP contribution < -0.4 is 15.4 Å². The van der Waals surface area contributed by atoms with Gasteiger partial charge in [-0.15, -0.1) is 11.3 Å². The number of hydrogen-bond acceptors (Lipinski definition) is 5. The second-order valence-corrected chi connectivity index (χ2v) is 5.87. The number of anilines is 2. The number of thiazole rings is 1. The molecule has 2 aliphatic rings. The summed E-state index contributed by atoms with van der Waals surface area (Å²) in [5, 5.41) is 8.40. The molecule has 4 rings (SSSR count). The minimum atomic E-state index is -0.193. The molecule has 6 nitrogen and oxygen atoms in total. The van der Waals surface area contributed by atoms with Gasteiger partial charge in [0.1, 0.15) is 10.8 Å². The van der Waals surface area contributed by atoms with Gasteiger partial charge in [-0.05, 0) is 17.7 Å². The Labute approximate surface area is 124 Å². The van der Waals surface area contributed by atoms with E-state index in [2.05, 4.69) is 15.6 Å². The zero-order valence-corrected chi connectivity index (χ0v) is 11.7. The first-order valence-corrected chi connectivity index (χ1v) is 7.38. The Morgan fingerprint density at radius 3 is 2.86 bits per heavy atom. The first-order chi connectivity index (χ1) is 10.2. The summed E-state index contributed by atoms with van der Waals surface area (Å²) in [7, 11) is 0. The van der Waals surface area contributed by atoms with Gasteiger partial charge < -0.3 is 15.4 Å². The van der Waals surface area contributed by atoms with E-state index in [-0.39, 0.29) is 24.3 Å². The lowest BCUT2D eigenvalue weighted by molar-refractivity contribution is -0.118. The lowest BCUT2D eigenvalue weighted by atomic mass is 9.90. The van der Waals surface area contributed by atoms with Crippen LogP contribution in [0, 0.1) is 0 Å². The highest BCUT2D eigenvalue weighted by Crippen LogP contribution is 2.43. The van der Waals surface area contributed by atoms with E-state index in [1.165, 1.54) is 11.3 Å². The summed E-state index contributed by atoms with van der Waals surface area (Å²) in [5.41, 5.74) is 2.26. The fourth-order valence-corrected chi connectivity index (χ4v) is 3.42. The van der Waals surface area contributed by atoms with Crippen LogP contribution in [0.2, 0.25) is 0 Å². The van der Waals surface area contributed by atoms with Crippen molar-refractivity contribution in [2.75, 3.05) is 17.2 Å². The Morgan fingerprint density at radius 1 is 1.19 bits per heavy atom. The Bertz CT molecular complexity index is 742. The topological polar surface area (TPSA) is 80.3 Å². The molecule has 2 aromatic rings. The molecular weight excluding hydrogens is 290 g/mol. The van der Waals surface area contributed by atoms with Gasteiger partial charge in [0, 0.05) is 29.6 Å². The van der Waals surface area contributed by atoms with E-state index in [4.69, 9.17) is 4.74 Å². The molecule has 2 aliphatic heterocycles. The predicted octanol–water partition coefficient (Wildman–Crippen LogP) is 1.95. The molecule has 0 aliphatic carbocycles. The van der Waals surface area contributed by atoms with Gasteiger partial charge >= 0.3 is 0 Å². The maximum atomic E-state index is 11.9. The quantitative estimate of drug-likeness (QED) is 0.843. The van der Waals surface area contributed by atoms with E-state index in [0.717, 1.165) is 10.6 Å². The van der Waals surface area contributed by atoms with Crippen LogP contribution in [0.15, 0.2) is 23.7 Å². The lowest BCUT2D eigenvalue weighted by Crippen LogP contribution is -2.28. The van der Waals surface area contributed by atoms with Crippen molar-refractivity contribution < 1.29 is 14.3 Å². The Morgan fingerprint density at radius 2 is 2.05 bits per heavy atom. The highest BCUT2D eigenvalue weighted by atomic mass is 32.1. The van der Waals surface area contributed by atoms with E-state index in [1.54, 1.807) is 12.3 Å². The van der Waals surface area contributed by atoms with Crippen molar-refractivity contribution in [3.05, 3.63) is 34.3 Å². The Hall–Kier alpha value is -2.41. The molecule has 0 saturated carbocycles.